The molecule has 4 aliphatic rings. The van der Waals surface area contributed by atoms with E-state index in [0.29, 0.717) is 25.5 Å². The van der Waals surface area contributed by atoms with Crippen LogP contribution in [0.25, 0.3) is 0 Å². The second kappa shape index (κ2) is 20.3. The molecular formula is C42H77N3O12S. The Labute approximate surface area is 351 Å². The number of amidine groups is 1. The third-order valence-electron chi connectivity index (χ3n) is 13.3. The van der Waals surface area contributed by atoms with Gasteiger partial charge in [-0.1, -0.05) is 20.8 Å². The fourth-order valence-electron chi connectivity index (χ4n) is 9.60. The molecule has 4 saturated heterocycles. The summed E-state index contributed by atoms with van der Waals surface area (Å²) in [6.07, 6.45) is -4.19. The average molecular weight is 848 g/mol. The molecule has 4 aliphatic heterocycles. The number of hydrogen-bond acceptors (Lipinski definition) is 15. The Kier molecular flexibility index (Phi) is 17.2. The van der Waals surface area contributed by atoms with Gasteiger partial charge in [0.2, 0.25) is 0 Å². The molecule has 0 bridgehead atoms. The van der Waals surface area contributed by atoms with E-state index in [-0.39, 0.29) is 37.3 Å². The number of nitrogens with zero attached hydrogens (tertiary/aromatic N) is 3. The summed E-state index contributed by atoms with van der Waals surface area (Å²) >= 11 is 1.77. The van der Waals surface area contributed by atoms with Gasteiger partial charge in [-0.05, 0) is 99.1 Å². The number of hydrogen-bond donors (Lipinski definition) is 4. The number of cyclic esters (lactones) is 1. The van der Waals surface area contributed by atoms with Crippen LogP contribution in [0.15, 0.2) is 4.99 Å². The van der Waals surface area contributed by atoms with E-state index in [4.69, 9.17) is 38.2 Å². The highest BCUT2D eigenvalue weighted by Gasteiger charge is 2.54. The van der Waals surface area contributed by atoms with Gasteiger partial charge in [0.15, 0.2) is 18.7 Å². The predicted molar refractivity (Wildman–Crippen MR) is 222 cm³/mol. The Hall–Kier alpha value is -1.31. The standard InChI is InChI=1S/C42H77N3O12S/c1-15-30-42(10,50)34(46)27(6)44(11)22-23(2)20-40(8,49)36(57-38-33-29(19-24(3)52-38)45(12)39(56-33)43-17-16-18-58-14)25(4)32(26(5)37(48)54-30)55-31-21-41(9,51-13)35(47)28(7)53-31/h23-36,38,46-47,49-50H,15-22H2,1-14H3/t23-,24-,25+,26-,27-,28+,29+,30-,31+,32+,33-,34-,35+,36-,38-,40-,41-,42-/m1/s1. The number of aliphatic hydroxyl groups is 4. The van der Waals surface area contributed by atoms with Crippen LogP contribution in [0, 0.1) is 17.8 Å². The van der Waals surface area contributed by atoms with Gasteiger partial charge >= 0.3 is 5.97 Å². The molecule has 16 heteroatoms. The molecule has 0 radical (unpaired) electrons. The van der Waals surface area contributed by atoms with Crippen LogP contribution < -0.4 is 0 Å². The number of carbonyl (C=O) groups excluding carboxylic acids is 1. The summed E-state index contributed by atoms with van der Waals surface area (Å²) < 4.78 is 45.0. The van der Waals surface area contributed by atoms with E-state index in [1.165, 1.54) is 14.0 Å². The molecule has 0 spiro atoms. The van der Waals surface area contributed by atoms with Crippen molar-refractivity contribution in [3.63, 3.8) is 0 Å². The normalized spacial score (nSPS) is 47.2. The van der Waals surface area contributed by atoms with Crippen LogP contribution in [0.3, 0.4) is 0 Å². The molecule has 0 aromatic carbocycles. The van der Waals surface area contributed by atoms with Gasteiger partial charge < -0.3 is 63.4 Å². The molecule has 0 aromatic rings. The number of thioether (sulfide) groups is 1. The van der Waals surface area contributed by atoms with Crippen molar-refractivity contribution in [1.29, 1.82) is 0 Å². The van der Waals surface area contributed by atoms with Gasteiger partial charge in [-0.25, -0.2) is 4.99 Å². The first-order chi connectivity index (χ1) is 27.0. The smallest absolute Gasteiger partial charge is 0.311 e. The van der Waals surface area contributed by atoms with E-state index in [1.807, 2.05) is 46.7 Å². The minimum Gasteiger partial charge on any atom is -0.459 e. The Morgan fingerprint density at radius 2 is 1.64 bits per heavy atom. The van der Waals surface area contributed by atoms with Crippen molar-refractivity contribution in [2.45, 2.75) is 192 Å². The number of likely N-dealkylation sites (N-methyl/N-ethyl adjacent to an activating group) is 2. The lowest BCUT2D eigenvalue weighted by Gasteiger charge is -2.48. The van der Waals surface area contributed by atoms with Crippen LogP contribution in [-0.4, -0.2) is 179 Å². The maximum atomic E-state index is 14.4. The van der Waals surface area contributed by atoms with E-state index in [2.05, 4.69) is 11.2 Å². The zero-order valence-corrected chi connectivity index (χ0v) is 38.4. The van der Waals surface area contributed by atoms with Gasteiger partial charge in [0.1, 0.15) is 23.9 Å². The second-order valence-electron chi connectivity index (χ2n) is 18.4. The Bertz CT molecular complexity index is 1360. The van der Waals surface area contributed by atoms with E-state index < -0.39 is 96.0 Å². The van der Waals surface area contributed by atoms with Crippen LogP contribution in [0.4, 0.5) is 0 Å². The first-order valence-corrected chi connectivity index (χ1v) is 22.7. The maximum absolute atomic E-state index is 14.4. The third kappa shape index (κ3) is 11.0. The molecule has 58 heavy (non-hydrogen) atoms. The second-order valence-corrected chi connectivity index (χ2v) is 19.4. The van der Waals surface area contributed by atoms with E-state index in [9.17, 15) is 25.2 Å². The zero-order chi connectivity index (χ0) is 43.5. The number of aliphatic imine (C=N–C) groups is 1. The first kappa shape index (κ1) is 49.3. The summed E-state index contributed by atoms with van der Waals surface area (Å²) in [6, 6.07) is -0.0908. The maximum Gasteiger partial charge on any atom is 0.311 e. The number of methoxy groups -OCH3 is 1. The van der Waals surface area contributed by atoms with Crippen LogP contribution >= 0.6 is 11.8 Å². The van der Waals surface area contributed by atoms with E-state index in [0.717, 1.165) is 12.2 Å². The molecule has 0 unspecified atom stereocenters. The average Bonchev–Trinajstić information content (AvgIpc) is 3.47. The number of fused-ring (bicyclic) bond motifs is 1. The molecule has 0 aliphatic carbocycles. The third-order valence-corrected chi connectivity index (χ3v) is 14.0. The fourth-order valence-corrected chi connectivity index (χ4v) is 10.0. The number of carbonyl (C=O) groups is 1. The number of ether oxygens (including phenoxy) is 7. The summed E-state index contributed by atoms with van der Waals surface area (Å²) in [5, 5.41) is 47.2. The van der Waals surface area contributed by atoms with Gasteiger partial charge in [-0.3, -0.25) is 4.79 Å². The van der Waals surface area contributed by atoms with Crippen LogP contribution in [0.1, 0.15) is 101 Å². The van der Waals surface area contributed by atoms with Crippen molar-refractivity contribution in [3.8, 4) is 0 Å². The summed E-state index contributed by atoms with van der Waals surface area (Å²) in [7, 11) is 5.36. The Balaban J connectivity index is 1.81. The minimum absolute atomic E-state index is 0.0916. The van der Waals surface area contributed by atoms with Gasteiger partial charge in [-0.15, -0.1) is 0 Å². The van der Waals surface area contributed by atoms with Crippen molar-refractivity contribution in [1.82, 2.24) is 9.80 Å². The van der Waals surface area contributed by atoms with Gasteiger partial charge in [0.25, 0.3) is 6.02 Å². The lowest BCUT2D eigenvalue weighted by molar-refractivity contribution is -0.313. The summed E-state index contributed by atoms with van der Waals surface area (Å²) in [4.78, 5) is 23.2. The largest absolute Gasteiger partial charge is 0.459 e. The number of aliphatic hydroxyl groups excluding tert-OH is 2. The molecule has 0 aromatic heterocycles. The highest BCUT2D eigenvalue weighted by atomic mass is 32.2. The molecular weight excluding hydrogens is 771 g/mol. The summed E-state index contributed by atoms with van der Waals surface area (Å²) in [5.41, 5.74) is -4.34. The van der Waals surface area contributed by atoms with Gasteiger partial charge in [0.05, 0.1) is 47.6 Å². The van der Waals surface area contributed by atoms with Crippen LogP contribution in [0.5, 0.6) is 0 Å². The van der Waals surface area contributed by atoms with E-state index >= 15 is 0 Å². The molecule has 338 valence electrons. The van der Waals surface area contributed by atoms with Gasteiger partial charge in [0, 0.05) is 45.6 Å². The van der Waals surface area contributed by atoms with Crippen molar-refractivity contribution in [2.24, 2.45) is 22.7 Å². The van der Waals surface area contributed by atoms with Crippen LogP contribution in [0.2, 0.25) is 0 Å². The molecule has 0 saturated carbocycles. The molecule has 4 heterocycles. The minimum atomic E-state index is -1.80. The Morgan fingerprint density at radius 3 is 2.26 bits per heavy atom. The van der Waals surface area contributed by atoms with Crippen molar-refractivity contribution in [3.05, 3.63) is 0 Å². The fraction of sp³-hybridized carbons (Fsp3) is 0.952. The van der Waals surface area contributed by atoms with E-state index in [1.54, 1.807) is 46.4 Å². The zero-order valence-electron chi connectivity index (χ0n) is 37.6. The lowest BCUT2D eigenvalue weighted by Crippen LogP contribution is -2.60. The van der Waals surface area contributed by atoms with Crippen LogP contribution in [-0.2, 0) is 38.0 Å². The molecule has 18 atom stereocenters. The molecule has 0 amide bonds. The first-order valence-electron chi connectivity index (χ1n) is 21.3. The highest BCUT2D eigenvalue weighted by molar-refractivity contribution is 7.98. The quantitative estimate of drug-likeness (QED) is 0.185. The highest BCUT2D eigenvalue weighted by Crippen LogP contribution is 2.41. The molecule has 4 rings (SSSR count). The summed E-state index contributed by atoms with van der Waals surface area (Å²) in [5.74, 6) is -1.50. The predicted octanol–water partition coefficient (Wildman–Crippen LogP) is 3.42. The lowest BCUT2D eigenvalue weighted by atomic mass is 9.77. The summed E-state index contributed by atoms with van der Waals surface area (Å²) in [6.45, 7) is 19.1. The van der Waals surface area contributed by atoms with Crippen molar-refractivity contribution >= 4 is 23.8 Å². The van der Waals surface area contributed by atoms with Crippen molar-refractivity contribution < 1.29 is 58.4 Å². The van der Waals surface area contributed by atoms with Gasteiger partial charge in [-0.2, -0.15) is 11.8 Å². The topological polar surface area (TPSA) is 181 Å². The Morgan fingerprint density at radius 1 is 0.966 bits per heavy atom. The number of rotatable bonds is 10. The SMILES string of the molecule is CC[C@H]1OC(=O)[C@H](C)[C@@H](O[C@H]2C[C@@](C)(OC)[C@@H](O)[C@H](C)O2)[C@H](C)[C@@H](O[C@H]2O[C@H](C)C[C@H]3[C@H]2OC(=NCCCSC)N3C)[C@](C)(O)C[C@@H](C)CN(C)[C@H](C)[C@@H](O)[C@]1(C)O. The monoisotopic (exact) mass is 848 g/mol. The molecule has 4 fully saturated rings. The molecule has 4 N–H and O–H groups in total. The number of esters is 1. The molecule has 15 nitrogen and oxygen atoms in total. The van der Waals surface area contributed by atoms with Crippen molar-refractivity contribution in [2.75, 3.05) is 46.3 Å².